The Morgan fingerprint density at radius 3 is 2.32 bits per heavy atom. The predicted molar refractivity (Wildman–Crippen MR) is 100 cm³/mol. The maximum Gasteiger partial charge on any atom is 0.332 e. The van der Waals surface area contributed by atoms with Crippen LogP contribution in [0.4, 0.5) is 5.69 Å². The largest absolute Gasteiger partial charge is 0.467 e. The molecule has 0 amide bonds. The number of nitro groups is 1. The third kappa shape index (κ3) is 3.11. The molecule has 0 aromatic heterocycles. The lowest BCUT2D eigenvalue weighted by Crippen LogP contribution is -2.50. The molecule has 1 aliphatic heterocycles. The minimum absolute atomic E-state index is 0.198. The molecule has 0 spiro atoms. The van der Waals surface area contributed by atoms with E-state index in [-0.39, 0.29) is 10.6 Å². The zero-order valence-corrected chi connectivity index (χ0v) is 15.9. The highest BCUT2D eigenvalue weighted by molar-refractivity contribution is 7.89. The average molecular weight is 403 g/mol. The Kier molecular flexibility index (Phi) is 4.90. The number of nitrogens with zero attached hydrogens (tertiary/aromatic N) is 3. The number of rotatable bonds is 5. The molecular formula is C18H17N3O6S. The molecule has 28 heavy (non-hydrogen) atoms. The number of non-ortho nitro benzene ring substituents is 1. The van der Waals surface area contributed by atoms with Crippen molar-refractivity contribution in [2.75, 3.05) is 7.11 Å². The minimum atomic E-state index is -4.20. The quantitative estimate of drug-likeness (QED) is 0.428. The number of aliphatic imine (C=N–C) groups is 1. The van der Waals surface area contributed by atoms with Crippen LogP contribution in [-0.4, -0.2) is 43.1 Å². The van der Waals surface area contributed by atoms with Crippen LogP contribution in [0.1, 0.15) is 12.5 Å². The SMILES string of the molecule is COC(=O)[C@H]1N(S(=O)(=O)c2ccc([N+](=O)[O-])cc2)C=N[C@]1(C)c1ccccc1. The van der Waals surface area contributed by atoms with Gasteiger partial charge in [-0.2, -0.15) is 0 Å². The van der Waals surface area contributed by atoms with Gasteiger partial charge >= 0.3 is 5.97 Å². The van der Waals surface area contributed by atoms with Crippen molar-refractivity contribution in [3.8, 4) is 0 Å². The van der Waals surface area contributed by atoms with Crippen LogP contribution < -0.4 is 0 Å². The molecule has 3 rings (SSSR count). The molecule has 2 aromatic carbocycles. The molecule has 2 atom stereocenters. The van der Waals surface area contributed by atoms with Crippen molar-refractivity contribution in [2.24, 2.45) is 4.99 Å². The number of esters is 1. The van der Waals surface area contributed by atoms with E-state index in [4.69, 9.17) is 4.74 Å². The highest BCUT2D eigenvalue weighted by Crippen LogP contribution is 2.39. The second-order valence-corrected chi connectivity index (χ2v) is 8.11. The molecule has 0 radical (unpaired) electrons. The van der Waals surface area contributed by atoms with Crippen LogP contribution in [0.2, 0.25) is 0 Å². The molecule has 0 N–H and O–H groups in total. The molecule has 0 bridgehead atoms. The Hall–Kier alpha value is -3.27. The number of hydrogen-bond acceptors (Lipinski definition) is 7. The first-order valence-corrected chi connectivity index (χ1v) is 9.62. The van der Waals surface area contributed by atoms with Gasteiger partial charge in [0, 0.05) is 12.1 Å². The molecule has 1 aliphatic rings. The lowest BCUT2D eigenvalue weighted by molar-refractivity contribution is -0.384. The van der Waals surface area contributed by atoms with Gasteiger partial charge in [-0.1, -0.05) is 30.3 Å². The Morgan fingerprint density at radius 1 is 1.18 bits per heavy atom. The van der Waals surface area contributed by atoms with Crippen molar-refractivity contribution < 1.29 is 22.9 Å². The fraction of sp³-hybridized carbons (Fsp3) is 0.222. The van der Waals surface area contributed by atoms with Crippen LogP contribution >= 0.6 is 0 Å². The van der Waals surface area contributed by atoms with E-state index in [9.17, 15) is 23.3 Å². The third-order valence-corrected chi connectivity index (χ3v) is 6.36. The summed E-state index contributed by atoms with van der Waals surface area (Å²) >= 11 is 0. The Balaban J connectivity index is 2.06. The summed E-state index contributed by atoms with van der Waals surface area (Å²) in [5.41, 5.74) is -0.793. The summed E-state index contributed by atoms with van der Waals surface area (Å²) in [6.45, 7) is 1.64. The third-order valence-electron chi connectivity index (χ3n) is 4.63. The molecule has 9 nitrogen and oxygen atoms in total. The smallest absolute Gasteiger partial charge is 0.332 e. The van der Waals surface area contributed by atoms with Gasteiger partial charge in [0.25, 0.3) is 15.7 Å². The topological polar surface area (TPSA) is 119 Å². The number of methoxy groups -OCH3 is 1. The molecule has 0 saturated heterocycles. The van der Waals surface area contributed by atoms with Crippen molar-refractivity contribution >= 4 is 28.0 Å². The van der Waals surface area contributed by atoms with Gasteiger partial charge in [0.05, 0.1) is 16.9 Å². The normalized spacial score (nSPS) is 21.5. The highest BCUT2D eigenvalue weighted by atomic mass is 32.2. The van der Waals surface area contributed by atoms with Crippen LogP contribution in [0.3, 0.4) is 0 Å². The van der Waals surface area contributed by atoms with Crippen molar-refractivity contribution in [2.45, 2.75) is 23.4 Å². The average Bonchev–Trinajstić information content (AvgIpc) is 3.07. The van der Waals surface area contributed by atoms with Gasteiger partial charge in [0.2, 0.25) is 0 Å². The first kappa shape index (κ1) is 19.5. The molecule has 1 heterocycles. The van der Waals surface area contributed by atoms with Crippen LogP contribution in [-0.2, 0) is 25.1 Å². The van der Waals surface area contributed by atoms with Crippen LogP contribution in [0.25, 0.3) is 0 Å². The Bertz CT molecular complexity index is 1040. The van der Waals surface area contributed by atoms with Gasteiger partial charge in [-0.05, 0) is 24.6 Å². The number of carbonyl (C=O) groups is 1. The number of ether oxygens (including phenoxy) is 1. The van der Waals surface area contributed by atoms with E-state index in [1.54, 1.807) is 37.3 Å². The maximum atomic E-state index is 13.1. The van der Waals surface area contributed by atoms with Crippen LogP contribution in [0.15, 0.2) is 64.5 Å². The van der Waals surface area contributed by atoms with E-state index >= 15 is 0 Å². The zero-order valence-electron chi connectivity index (χ0n) is 15.1. The van der Waals surface area contributed by atoms with Gasteiger partial charge in [-0.3, -0.25) is 15.1 Å². The summed E-state index contributed by atoms with van der Waals surface area (Å²) in [6, 6.07) is 12.0. The summed E-state index contributed by atoms with van der Waals surface area (Å²) in [4.78, 5) is 26.8. The molecule has 0 saturated carbocycles. The van der Waals surface area contributed by atoms with Gasteiger partial charge in [0.15, 0.2) is 6.04 Å². The maximum absolute atomic E-state index is 13.1. The zero-order chi connectivity index (χ0) is 20.5. The number of sulfonamides is 1. The molecule has 10 heteroatoms. The Labute approximate surface area is 161 Å². The molecular weight excluding hydrogens is 386 g/mol. The van der Waals surface area contributed by atoms with Gasteiger partial charge < -0.3 is 4.74 Å². The van der Waals surface area contributed by atoms with E-state index in [0.717, 1.165) is 34.9 Å². The Morgan fingerprint density at radius 2 is 1.79 bits per heavy atom. The van der Waals surface area contributed by atoms with Crippen LogP contribution in [0.5, 0.6) is 0 Å². The van der Waals surface area contributed by atoms with Crippen molar-refractivity contribution in [1.29, 1.82) is 0 Å². The standard InChI is InChI=1S/C18H17N3O6S/c1-18(13-6-4-3-5-7-13)16(17(22)27-2)20(12-19-18)28(25,26)15-10-8-14(9-11-15)21(23)24/h3-12,16H,1-2H3/t16-,18-/m1/s1. The first-order chi connectivity index (χ1) is 13.2. The second kappa shape index (κ2) is 7.04. The van der Waals surface area contributed by atoms with Crippen molar-refractivity contribution in [3.63, 3.8) is 0 Å². The van der Waals surface area contributed by atoms with E-state index in [2.05, 4.69) is 4.99 Å². The highest BCUT2D eigenvalue weighted by Gasteiger charge is 2.52. The number of hydrogen-bond donors (Lipinski definition) is 0. The van der Waals surface area contributed by atoms with E-state index in [0.29, 0.717) is 5.56 Å². The predicted octanol–water partition coefficient (Wildman–Crippen LogP) is 2.08. The molecule has 146 valence electrons. The van der Waals surface area contributed by atoms with Gasteiger partial charge in [-0.25, -0.2) is 17.5 Å². The fourth-order valence-corrected chi connectivity index (χ4v) is 4.54. The van der Waals surface area contributed by atoms with Gasteiger partial charge in [0.1, 0.15) is 11.9 Å². The summed E-state index contributed by atoms with van der Waals surface area (Å²) in [7, 11) is -3.03. The summed E-state index contributed by atoms with van der Waals surface area (Å²) < 4.78 is 31.9. The number of carbonyl (C=O) groups excluding carboxylic acids is 1. The minimum Gasteiger partial charge on any atom is -0.467 e. The lowest BCUT2D eigenvalue weighted by Gasteiger charge is -2.32. The van der Waals surface area contributed by atoms with Gasteiger partial charge in [-0.15, -0.1) is 0 Å². The monoisotopic (exact) mass is 403 g/mol. The van der Waals surface area contributed by atoms with E-state index in [1.807, 2.05) is 0 Å². The number of benzene rings is 2. The van der Waals surface area contributed by atoms with E-state index in [1.165, 1.54) is 7.11 Å². The molecule has 2 aromatic rings. The molecule has 0 unspecified atom stereocenters. The molecule has 0 fully saturated rings. The van der Waals surface area contributed by atoms with E-state index < -0.39 is 32.5 Å². The summed E-state index contributed by atoms with van der Waals surface area (Å²) in [6.07, 6.45) is 1.09. The number of nitro benzene ring substituents is 1. The van der Waals surface area contributed by atoms with Crippen LogP contribution in [0, 0.1) is 10.1 Å². The first-order valence-electron chi connectivity index (χ1n) is 8.18. The van der Waals surface area contributed by atoms with Crippen molar-refractivity contribution in [1.82, 2.24) is 4.31 Å². The second-order valence-electron chi connectivity index (χ2n) is 6.27. The lowest BCUT2D eigenvalue weighted by atomic mass is 9.86. The fourth-order valence-electron chi connectivity index (χ4n) is 3.08. The summed E-state index contributed by atoms with van der Waals surface area (Å²) in [5.74, 6) is -0.769. The molecule has 0 aliphatic carbocycles. The van der Waals surface area contributed by atoms with Crippen molar-refractivity contribution in [3.05, 3.63) is 70.3 Å². The summed E-state index contributed by atoms with van der Waals surface area (Å²) in [5, 5.41) is 10.8.